The number of hydrogen-bond acceptors (Lipinski definition) is 7. The van der Waals surface area contributed by atoms with Crippen LogP contribution in [0.2, 0.25) is 0 Å². The summed E-state index contributed by atoms with van der Waals surface area (Å²) in [5.41, 5.74) is 0.148. The van der Waals surface area contributed by atoms with E-state index in [0.29, 0.717) is 11.3 Å². The van der Waals surface area contributed by atoms with E-state index in [1.807, 2.05) is 0 Å². The van der Waals surface area contributed by atoms with Crippen molar-refractivity contribution in [2.75, 3.05) is 14.2 Å². The van der Waals surface area contributed by atoms with Gasteiger partial charge < -0.3 is 9.47 Å². The first-order chi connectivity index (χ1) is 10.3. The number of primary sulfonamides is 1. The lowest BCUT2D eigenvalue weighted by molar-refractivity contribution is 0.150. The second kappa shape index (κ2) is 6.10. The van der Waals surface area contributed by atoms with Crippen LogP contribution in [0.4, 0.5) is 8.78 Å². The molecule has 11 heteroatoms. The van der Waals surface area contributed by atoms with Crippen LogP contribution in [0.15, 0.2) is 17.0 Å². The van der Waals surface area contributed by atoms with E-state index in [1.165, 1.54) is 26.4 Å². The summed E-state index contributed by atoms with van der Waals surface area (Å²) >= 11 is 0.619. The molecule has 0 bridgehead atoms. The van der Waals surface area contributed by atoms with Gasteiger partial charge in [-0.1, -0.05) is 11.3 Å². The summed E-state index contributed by atoms with van der Waals surface area (Å²) in [6.07, 6.45) is -2.78. The van der Waals surface area contributed by atoms with E-state index >= 15 is 0 Å². The monoisotopic (exact) mass is 351 g/mol. The van der Waals surface area contributed by atoms with Crippen LogP contribution in [0.5, 0.6) is 11.5 Å². The van der Waals surface area contributed by atoms with Crippen molar-refractivity contribution in [2.24, 2.45) is 5.14 Å². The van der Waals surface area contributed by atoms with Crippen LogP contribution in [0.1, 0.15) is 11.4 Å². The SMILES string of the molecule is COc1cc(-c2nnc(C(F)F)s2)c(OC)c(S(N)(=O)=O)c1. The number of benzene rings is 1. The van der Waals surface area contributed by atoms with E-state index < -0.39 is 21.5 Å². The van der Waals surface area contributed by atoms with Gasteiger partial charge in [-0.2, -0.15) is 0 Å². The van der Waals surface area contributed by atoms with Crippen molar-refractivity contribution < 1.29 is 26.7 Å². The molecule has 0 aliphatic heterocycles. The molecule has 0 saturated carbocycles. The maximum Gasteiger partial charge on any atom is 0.291 e. The Bertz CT molecular complexity index is 793. The topological polar surface area (TPSA) is 104 Å². The smallest absolute Gasteiger partial charge is 0.291 e. The summed E-state index contributed by atoms with van der Waals surface area (Å²) in [5, 5.41) is 11.7. The number of sulfonamides is 1. The Labute approximate surface area is 128 Å². The number of aromatic nitrogens is 2. The number of rotatable bonds is 5. The second-order valence-electron chi connectivity index (χ2n) is 4.00. The van der Waals surface area contributed by atoms with Crippen LogP contribution < -0.4 is 14.6 Å². The molecule has 0 atom stereocenters. The van der Waals surface area contributed by atoms with E-state index in [4.69, 9.17) is 14.6 Å². The van der Waals surface area contributed by atoms with Gasteiger partial charge in [0.05, 0.1) is 19.8 Å². The molecule has 1 aromatic carbocycles. The zero-order valence-corrected chi connectivity index (χ0v) is 13.0. The number of nitrogens with two attached hydrogens (primary N) is 1. The highest BCUT2D eigenvalue weighted by atomic mass is 32.2. The van der Waals surface area contributed by atoms with Crippen LogP contribution in [-0.2, 0) is 10.0 Å². The van der Waals surface area contributed by atoms with Gasteiger partial charge in [-0.15, -0.1) is 10.2 Å². The first kappa shape index (κ1) is 16.5. The van der Waals surface area contributed by atoms with E-state index in [1.54, 1.807) is 0 Å². The molecule has 0 aliphatic rings. The summed E-state index contributed by atoms with van der Waals surface area (Å²) in [5.74, 6) is 0.0499. The molecule has 1 aromatic heterocycles. The van der Waals surface area contributed by atoms with Crippen molar-refractivity contribution in [3.63, 3.8) is 0 Å². The molecule has 2 aromatic rings. The molecule has 1 heterocycles. The van der Waals surface area contributed by atoms with E-state index in [-0.39, 0.29) is 27.0 Å². The van der Waals surface area contributed by atoms with Crippen molar-refractivity contribution in [3.05, 3.63) is 17.1 Å². The minimum absolute atomic E-state index is 0.0657. The molecule has 2 rings (SSSR count). The third kappa shape index (κ3) is 3.15. The van der Waals surface area contributed by atoms with Crippen molar-refractivity contribution in [1.29, 1.82) is 0 Å². The Morgan fingerprint density at radius 1 is 1.23 bits per heavy atom. The minimum atomic E-state index is -4.11. The highest BCUT2D eigenvalue weighted by Crippen LogP contribution is 2.40. The molecule has 120 valence electrons. The maximum atomic E-state index is 12.6. The van der Waals surface area contributed by atoms with Crippen LogP contribution in [0.3, 0.4) is 0 Å². The second-order valence-corrected chi connectivity index (χ2v) is 6.54. The average Bonchev–Trinajstić information content (AvgIpc) is 2.94. The third-order valence-electron chi connectivity index (χ3n) is 2.63. The number of alkyl halides is 2. The van der Waals surface area contributed by atoms with Crippen molar-refractivity contribution in [2.45, 2.75) is 11.3 Å². The molecule has 0 fully saturated rings. The Hall–Kier alpha value is -1.85. The lowest BCUT2D eigenvalue weighted by atomic mass is 10.2. The maximum absolute atomic E-state index is 12.6. The number of methoxy groups -OCH3 is 2. The van der Waals surface area contributed by atoms with Gasteiger partial charge in [-0.3, -0.25) is 0 Å². The lowest BCUT2D eigenvalue weighted by Crippen LogP contribution is -2.14. The third-order valence-corrected chi connectivity index (χ3v) is 4.51. The Morgan fingerprint density at radius 2 is 1.91 bits per heavy atom. The first-order valence-corrected chi connectivity index (χ1v) is 8.05. The number of hydrogen-bond donors (Lipinski definition) is 1. The standard InChI is InChI=1S/C11H11F2N3O4S2/c1-19-5-3-6(10-15-16-11(21-10)9(12)13)8(20-2)7(4-5)22(14,17)18/h3-4,9H,1-2H3,(H2,14,17,18). The largest absolute Gasteiger partial charge is 0.497 e. The molecule has 0 spiro atoms. The molecule has 0 radical (unpaired) electrons. The summed E-state index contributed by atoms with van der Waals surface area (Å²) in [7, 11) is -1.56. The molecule has 2 N–H and O–H groups in total. The predicted octanol–water partition coefficient (Wildman–Crippen LogP) is 1.81. The Balaban J connectivity index is 2.72. The average molecular weight is 351 g/mol. The highest BCUT2D eigenvalue weighted by Gasteiger charge is 2.24. The van der Waals surface area contributed by atoms with Crippen molar-refractivity contribution in [1.82, 2.24) is 10.2 Å². The fourth-order valence-corrected chi connectivity index (χ4v) is 3.15. The van der Waals surface area contributed by atoms with Gasteiger partial charge in [0.2, 0.25) is 10.0 Å². The number of halogens is 2. The molecular formula is C11H11F2N3O4S2. The first-order valence-electron chi connectivity index (χ1n) is 5.68. The Kier molecular flexibility index (Phi) is 4.58. The molecular weight excluding hydrogens is 340 g/mol. The van der Waals surface area contributed by atoms with Gasteiger partial charge in [0, 0.05) is 6.07 Å². The predicted molar refractivity (Wildman–Crippen MR) is 74.8 cm³/mol. The van der Waals surface area contributed by atoms with Crippen LogP contribution >= 0.6 is 11.3 Å². The summed E-state index contributed by atoms with van der Waals surface area (Å²) in [4.78, 5) is -0.335. The lowest BCUT2D eigenvalue weighted by Gasteiger charge is -2.12. The summed E-state index contributed by atoms with van der Waals surface area (Å²) in [6, 6.07) is 2.58. The number of nitrogens with zero attached hydrogens (tertiary/aromatic N) is 2. The zero-order chi connectivity index (χ0) is 16.5. The van der Waals surface area contributed by atoms with Gasteiger partial charge in [0.15, 0.2) is 10.0 Å². The molecule has 22 heavy (non-hydrogen) atoms. The molecule has 0 unspecified atom stereocenters. The molecule has 0 amide bonds. The summed E-state index contributed by atoms with van der Waals surface area (Å²) in [6.45, 7) is 0. The van der Waals surface area contributed by atoms with E-state index in [9.17, 15) is 17.2 Å². The van der Waals surface area contributed by atoms with Gasteiger partial charge in [-0.05, 0) is 6.07 Å². The Morgan fingerprint density at radius 3 is 2.36 bits per heavy atom. The van der Waals surface area contributed by atoms with Crippen LogP contribution in [-0.4, -0.2) is 32.8 Å². The summed E-state index contributed by atoms with van der Waals surface area (Å²) < 4.78 is 58.7. The molecule has 0 saturated heterocycles. The van der Waals surface area contributed by atoms with Gasteiger partial charge >= 0.3 is 0 Å². The quantitative estimate of drug-likeness (QED) is 0.881. The van der Waals surface area contributed by atoms with Crippen LogP contribution in [0, 0.1) is 0 Å². The fraction of sp³-hybridized carbons (Fsp3) is 0.273. The van der Waals surface area contributed by atoms with Crippen molar-refractivity contribution in [3.8, 4) is 22.1 Å². The van der Waals surface area contributed by atoms with Gasteiger partial charge in [-0.25, -0.2) is 22.3 Å². The zero-order valence-electron chi connectivity index (χ0n) is 11.4. The van der Waals surface area contributed by atoms with E-state index in [0.717, 1.165) is 0 Å². The van der Waals surface area contributed by atoms with Crippen molar-refractivity contribution >= 4 is 21.4 Å². The fourth-order valence-electron chi connectivity index (χ4n) is 1.71. The van der Waals surface area contributed by atoms with Gasteiger partial charge in [0.1, 0.15) is 16.4 Å². The number of ether oxygens (including phenoxy) is 2. The van der Waals surface area contributed by atoms with Crippen LogP contribution in [0.25, 0.3) is 10.6 Å². The molecule has 7 nitrogen and oxygen atoms in total. The molecule has 0 aliphatic carbocycles. The van der Waals surface area contributed by atoms with Gasteiger partial charge in [0.25, 0.3) is 6.43 Å². The van der Waals surface area contributed by atoms with E-state index in [2.05, 4.69) is 10.2 Å². The minimum Gasteiger partial charge on any atom is -0.497 e. The normalized spacial score (nSPS) is 11.7. The highest BCUT2D eigenvalue weighted by molar-refractivity contribution is 7.89.